The Balaban J connectivity index is 3.52. The highest BCUT2D eigenvalue weighted by Gasteiger charge is 2.19. The Morgan fingerprint density at radius 2 is 1.89 bits per heavy atom. The molecule has 106 valence electrons. The molecule has 1 aromatic rings. The van der Waals surface area contributed by atoms with Crippen molar-refractivity contribution in [1.82, 2.24) is 9.79 Å². The summed E-state index contributed by atoms with van der Waals surface area (Å²) in [5.41, 5.74) is 0.0755. The van der Waals surface area contributed by atoms with Gasteiger partial charge in [0.2, 0.25) is 0 Å². The number of benzene rings is 1. The zero-order valence-electron chi connectivity index (χ0n) is 10.6. The standard InChI is InChI=1S/C10H14N2O5S2/c1-12(2)10(13)7-4-8(18(3)15)6-9(5-7)19(16,17)11-14/h4-6,11,14H,1-3H3. The van der Waals surface area contributed by atoms with Gasteiger partial charge in [0.15, 0.2) is 0 Å². The van der Waals surface area contributed by atoms with Crippen molar-refractivity contribution in [3.8, 4) is 0 Å². The van der Waals surface area contributed by atoms with Gasteiger partial charge in [-0.25, -0.2) is 8.42 Å². The summed E-state index contributed by atoms with van der Waals surface area (Å²) in [6.45, 7) is 0. The molecule has 0 aliphatic carbocycles. The van der Waals surface area contributed by atoms with Crippen LogP contribution in [0.3, 0.4) is 0 Å². The Labute approximate surface area is 113 Å². The summed E-state index contributed by atoms with van der Waals surface area (Å²) in [6, 6.07) is 3.60. The van der Waals surface area contributed by atoms with Crippen LogP contribution in [0.4, 0.5) is 0 Å². The molecule has 2 N–H and O–H groups in total. The Morgan fingerprint density at radius 1 is 1.32 bits per heavy atom. The van der Waals surface area contributed by atoms with Crippen LogP contribution in [0, 0.1) is 0 Å². The molecule has 0 aliphatic heterocycles. The number of hydrogen-bond donors (Lipinski definition) is 2. The van der Waals surface area contributed by atoms with E-state index >= 15 is 0 Å². The fraction of sp³-hybridized carbons (Fsp3) is 0.300. The molecule has 1 unspecified atom stereocenters. The fourth-order valence-corrected chi connectivity index (χ4v) is 2.66. The zero-order valence-corrected chi connectivity index (χ0v) is 12.2. The van der Waals surface area contributed by atoms with Gasteiger partial charge in [0.25, 0.3) is 15.9 Å². The van der Waals surface area contributed by atoms with Gasteiger partial charge >= 0.3 is 0 Å². The minimum absolute atomic E-state index is 0.0755. The smallest absolute Gasteiger partial charge is 0.262 e. The summed E-state index contributed by atoms with van der Waals surface area (Å²) in [6.07, 6.45) is 1.36. The summed E-state index contributed by atoms with van der Waals surface area (Å²) in [5, 5.41) is 8.61. The van der Waals surface area contributed by atoms with Crippen molar-refractivity contribution in [2.24, 2.45) is 0 Å². The molecular weight excluding hydrogens is 292 g/mol. The monoisotopic (exact) mass is 306 g/mol. The summed E-state index contributed by atoms with van der Waals surface area (Å²) >= 11 is 0. The predicted octanol–water partition coefficient (Wildman–Crippen LogP) is -0.207. The molecular formula is C10H14N2O5S2. The molecule has 0 fully saturated rings. The Kier molecular flexibility index (Phi) is 4.80. The Hall–Kier alpha value is -1.29. The Bertz CT molecular complexity index is 625. The lowest BCUT2D eigenvalue weighted by Gasteiger charge is -2.12. The first-order valence-electron chi connectivity index (χ1n) is 5.05. The number of amides is 1. The normalized spacial score (nSPS) is 13.1. The molecule has 0 saturated heterocycles. The molecule has 1 aromatic carbocycles. The van der Waals surface area contributed by atoms with Gasteiger partial charge in [0, 0.05) is 41.6 Å². The molecule has 1 atom stereocenters. The maximum absolute atomic E-state index is 11.8. The van der Waals surface area contributed by atoms with Gasteiger partial charge in [0.05, 0.1) is 4.90 Å². The van der Waals surface area contributed by atoms with E-state index in [1.54, 1.807) is 0 Å². The van der Waals surface area contributed by atoms with Crippen molar-refractivity contribution in [2.45, 2.75) is 9.79 Å². The quantitative estimate of drug-likeness (QED) is 0.749. The topological polar surface area (TPSA) is 104 Å². The van der Waals surface area contributed by atoms with Crippen molar-refractivity contribution in [2.75, 3.05) is 20.4 Å². The second kappa shape index (κ2) is 5.78. The molecule has 1 amide bonds. The number of nitrogens with zero attached hydrogens (tertiary/aromatic N) is 1. The number of rotatable bonds is 4. The van der Waals surface area contributed by atoms with E-state index in [0.29, 0.717) is 0 Å². The second-order valence-corrected chi connectivity index (χ2v) is 6.98. The maximum atomic E-state index is 11.8. The van der Waals surface area contributed by atoms with Crippen LogP contribution in [0.5, 0.6) is 0 Å². The van der Waals surface area contributed by atoms with E-state index in [1.807, 2.05) is 0 Å². The van der Waals surface area contributed by atoms with Gasteiger partial charge in [-0.15, -0.1) is 0 Å². The molecule has 9 heteroatoms. The molecule has 0 radical (unpaired) electrons. The highest BCUT2D eigenvalue weighted by Crippen LogP contribution is 2.18. The van der Waals surface area contributed by atoms with Gasteiger partial charge in [-0.3, -0.25) is 9.00 Å². The van der Waals surface area contributed by atoms with Crippen molar-refractivity contribution in [1.29, 1.82) is 0 Å². The first kappa shape index (κ1) is 15.8. The van der Waals surface area contributed by atoms with Crippen molar-refractivity contribution < 1.29 is 22.6 Å². The molecule has 0 aromatic heterocycles. The van der Waals surface area contributed by atoms with Gasteiger partial charge < -0.3 is 10.1 Å². The molecule has 19 heavy (non-hydrogen) atoms. The van der Waals surface area contributed by atoms with E-state index in [2.05, 4.69) is 0 Å². The van der Waals surface area contributed by atoms with E-state index in [0.717, 1.165) is 12.1 Å². The van der Waals surface area contributed by atoms with Crippen molar-refractivity contribution >= 4 is 26.7 Å². The molecule has 0 bridgehead atoms. The first-order chi connectivity index (χ1) is 8.69. The van der Waals surface area contributed by atoms with Crippen LogP contribution in [0.25, 0.3) is 0 Å². The third kappa shape index (κ3) is 3.60. The number of nitrogens with one attached hydrogen (secondary N) is 1. The average molecular weight is 306 g/mol. The summed E-state index contributed by atoms with van der Waals surface area (Å²) in [7, 11) is -2.58. The van der Waals surface area contributed by atoms with E-state index in [1.165, 1.54) is 36.2 Å². The lowest BCUT2D eigenvalue weighted by molar-refractivity contribution is 0.0827. The zero-order chi connectivity index (χ0) is 14.8. The average Bonchev–Trinajstić information content (AvgIpc) is 2.36. The number of carbonyl (C=O) groups excluding carboxylic acids is 1. The fourth-order valence-electron chi connectivity index (χ4n) is 1.33. The third-order valence-electron chi connectivity index (χ3n) is 2.30. The molecule has 0 heterocycles. The van der Waals surface area contributed by atoms with E-state index in [-0.39, 0.29) is 15.4 Å². The maximum Gasteiger partial charge on any atom is 0.262 e. The predicted molar refractivity (Wildman–Crippen MR) is 68.9 cm³/mol. The minimum atomic E-state index is -4.14. The highest BCUT2D eigenvalue weighted by molar-refractivity contribution is 7.89. The van der Waals surface area contributed by atoms with Gasteiger partial charge in [-0.1, -0.05) is 4.89 Å². The summed E-state index contributed by atoms with van der Waals surface area (Å²) in [5.74, 6) is -0.429. The van der Waals surface area contributed by atoms with Crippen LogP contribution in [-0.2, 0) is 20.8 Å². The lowest BCUT2D eigenvalue weighted by Crippen LogP contribution is -2.24. The van der Waals surface area contributed by atoms with Crippen molar-refractivity contribution in [3.05, 3.63) is 23.8 Å². The molecule has 0 saturated carbocycles. The van der Waals surface area contributed by atoms with Crippen LogP contribution in [0.15, 0.2) is 28.0 Å². The Morgan fingerprint density at radius 3 is 2.32 bits per heavy atom. The van der Waals surface area contributed by atoms with Gasteiger partial charge in [-0.05, 0) is 18.2 Å². The second-order valence-electron chi connectivity index (χ2n) is 3.94. The largest absolute Gasteiger partial charge is 0.345 e. The molecule has 7 nitrogen and oxygen atoms in total. The number of sulfonamides is 1. The highest BCUT2D eigenvalue weighted by atomic mass is 32.2. The summed E-state index contributed by atoms with van der Waals surface area (Å²) < 4.78 is 34.5. The lowest BCUT2D eigenvalue weighted by atomic mass is 10.2. The third-order valence-corrected chi connectivity index (χ3v) is 4.29. The van der Waals surface area contributed by atoms with Crippen LogP contribution < -0.4 is 4.89 Å². The van der Waals surface area contributed by atoms with E-state index < -0.39 is 26.7 Å². The van der Waals surface area contributed by atoms with Crippen LogP contribution in [-0.4, -0.2) is 49.0 Å². The molecule has 0 aliphatic rings. The number of hydrogen-bond acceptors (Lipinski definition) is 5. The molecule has 1 rings (SSSR count). The summed E-state index contributed by atoms with van der Waals surface area (Å²) in [4.78, 5) is 14.1. The van der Waals surface area contributed by atoms with Gasteiger partial charge in [0.1, 0.15) is 0 Å². The molecule has 0 spiro atoms. The van der Waals surface area contributed by atoms with E-state index in [9.17, 15) is 17.4 Å². The SMILES string of the molecule is CN(C)C(=O)c1cc(S(C)=O)cc(S(=O)(=O)NO)c1. The minimum Gasteiger partial charge on any atom is -0.345 e. The van der Waals surface area contributed by atoms with Crippen LogP contribution >= 0.6 is 0 Å². The van der Waals surface area contributed by atoms with Gasteiger partial charge in [-0.2, -0.15) is 0 Å². The number of carbonyl (C=O) groups is 1. The van der Waals surface area contributed by atoms with Crippen LogP contribution in [0.2, 0.25) is 0 Å². The van der Waals surface area contributed by atoms with Crippen LogP contribution in [0.1, 0.15) is 10.4 Å². The first-order valence-corrected chi connectivity index (χ1v) is 8.09. The van der Waals surface area contributed by atoms with E-state index in [4.69, 9.17) is 5.21 Å². The van der Waals surface area contributed by atoms with Crippen molar-refractivity contribution in [3.63, 3.8) is 0 Å².